The molecule has 0 bridgehead atoms. The monoisotopic (exact) mass is 298 g/mol. The molecule has 0 aromatic heterocycles. The Bertz CT molecular complexity index is 491. The summed E-state index contributed by atoms with van der Waals surface area (Å²) in [7, 11) is -1.50. The van der Waals surface area contributed by atoms with Gasteiger partial charge in [-0.15, -0.1) is 0 Å². The lowest BCUT2D eigenvalue weighted by Crippen LogP contribution is -2.36. The first-order valence-electron chi connectivity index (χ1n) is 6.71. The molecule has 0 fully saturated rings. The van der Waals surface area contributed by atoms with E-state index < -0.39 is 16.0 Å². The molecule has 0 aliphatic rings. The highest BCUT2D eigenvalue weighted by molar-refractivity contribution is 7.86. The fourth-order valence-electron chi connectivity index (χ4n) is 1.62. The molecule has 0 heterocycles. The minimum atomic E-state index is -1.50. The van der Waals surface area contributed by atoms with Crippen LogP contribution in [0.25, 0.3) is 0 Å². The van der Waals surface area contributed by atoms with Crippen molar-refractivity contribution in [3.63, 3.8) is 0 Å². The number of benzene rings is 1. The summed E-state index contributed by atoms with van der Waals surface area (Å²) in [5, 5.41) is 2.09. The normalized spacial score (nSPS) is 13.6. The summed E-state index contributed by atoms with van der Waals surface area (Å²) in [5.41, 5.74) is 6.25. The van der Waals surface area contributed by atoms with Crippen LogP contribution in [-0.4, -0.2) is 28.5 Å². The van der Waals surface area contributed by atoms with Crippen molar-refractivity contribution in [2.24, 2.45) is 0 Å². The number of nitrogen functional groups attached to an aromatic ring is 1. The van der Waals surface area contributed by atoms with Gasteiger partial charge in [0, 0.05) is 12.2 Å². The van der Waals surface area contributed by atoms with Crippen LogP contribution >= 0.6 is 0 Å². The van der Waals surface area contributed by atoms with Crippen LogP contribution in [0.3, 0.4) is 0 Å². The fraction of sp³-hybridized carbons (Fsp3) is 0.500. The number of anilines is 1. The van der Waals surface area contributed by atoms with E-state index in [1.54, 1.807) is 25.1 Å². The van der Waals surface area contributed by atoms with Gasteiger partial charge in [-0.1, -0.05) is 6.92 Å². The van der Waals surface area contributed by atoms with Crippen LogP contribution in [0.4, 0.5) is 5.69 Å². The highest BCUT2D eigenvalue weighted by Gasteiger charge is 2.23. The molecule has 0 radical (unpaired) electrons. The maximum atomic E-state index is 12.4. The Morgan fingerprint density at radius 1 is 1.45 bits per heavy atom. The summed E-state index contributed by atoms with van der Waals surface area (Å²) in [4.78, 5) is 12.3. The highest BCUT2D eigenvalue weighted by Crippen LogP contribution is 2.25. The van der Waals surface area contributed by atoms with Crippen LogP contribution in [-0.2, 0) is 15.6 Å². The molecule has 1 aromatic rings. The van der Waals surface area contributed by atoms with Crippen LogP contribution < -0.4 is 15.8 Å². The Morgan fingerprint density at radius 3 is 2.75 bits per heavy atom. The predicted molar refractivity (Wildman–Crippen MR) is 81.2 cm³/mol. The zero-order valence-electron chi connectivity index (χ0n) is 12.1. The molecule has 0 saturated heterocycles. The average molecular weight is 298 g/mol. The lowest BCUT2D eigenvalue weighted by atomic mass is 10.3. The molecule has 0 aliphatic heterocycles. The molecule has 3 N–H and O–H groups in total. The number of hydrogen-bond donors (Lipinski definition) is 2. The number of carbonyl (C=O) groups is 1. The zero-order chi connectivity index (χ0) is 15.1. The van der Waals surface area contributed by atoms with Crippen molar-refractivity contribution in [3.8, 4) is 5.75 Å². The van der Waals surface area contributed by atoms with Gasteiger partial charge in [0.2, 0.25) is 5.91 Å². The number of rotatable bonds is 7. The van der Waals surface area contributed by atoms with Crippen molar-refractivity contribution in [3.05, 3.63) is 18.2 Å². The Hall–Kier alpha value is -1.56. The van der Waals surface area contributed by atoms with Crippen molar-refractivity contribution in [1.82, 2.24) is 5.32 Å². The van der Waals surface area contributed by atoms with E-state index in [1.807, 2.05) is 13.8 Å². The quantitative estimate of drug-likeness (QED) is 0.751. The SMILES string of the molecule is CCCNC(=O)C(C)S(=O)c1cc(OCC)ccc1N. The molecular formula is C14H22N2O3S. The summed E-state index contributed by atoms with van der Waals surface area (Å²) in [5.74, 6) is 0.373. The fourth-order valence-corrected chi connectivity index (χ4v) is 2.82. The first-order valence-corrected chi connectivity index (χ1v) is 7.93. The molecule has 1 amide bonds. The summed E-state index contributed by atoms with van der Waals surface area (Å²) in [6, 6.07) is 5.01. The second-order valence-electron chi connectivity index (χ2n) is 4.36. The molecule has 0 spiro atoms. The third-order valence-electron chi connectivity index (χ3n) is 2.75. The molecule has 20 heavy (non-hydrogen) atoms. The molecule has 5 nitrogen and oxygen atoms in total. The van der Waals surface area contributed by atoms with Crippen molar-refractivity contribution in [2.45, 2.75) is 37.3 Å². The predicted octanol–water partition coefficient (Wildman–Crippen LogP) is 1.69. The molecule has 0 aliphatic carbocycles. The van der Waals surface area contributed by atoms with Gasteiger partial charge in [0.05, 0.1) is 22.3 Å². The first kappa shape index (κ1) is 16.5. The van der Waals surface area contributed by atoms with E-state index in [9.17, 15) is 9.00 Å². The Kier molecular flexibility index (Phi) is 6.51. The largest absolute Gasteiger partial charge is 0.494 e. The number of amides is 1. The van der Waals surface area contributed by atoms with E-state index in [0.29, 0.717) is 29.5 Å². The molecule has 1 aromatic carbocycles. The topological polar surface area (TPSA) is 81.4 Å². The van der Waals surface area contributed by atoms with Gasteiger partial charge in [-0.2, -0.15) is 0 Å². The van der Waals surface area contributed by atoms with Gasteiger partial charge in [0.15, 0.2) is 0 Å². The molecule has 2 unspecified atom stereocenters. The van der Waals surface area contributed by atoms with Gasteiger partial charge in [-0.3, -0.25) is 9.00 Å². The second kappa shape index (κ2) is 7.89. The van der Waals surface area contributed by atoms with Crippen LogP contribution in [0, 0.1) is 0 Å². The molecular weight excluding hydrogens is 276 g/mol. The third kappa shape index (κ3) is 4.23. The average Bonchev–Trinajstić information content (AvgIpc) is 2.45. The van der Waals surface area contributed by atoms with Crippen molar-refractivity contribution >= 4 is 22.4 Å². The van der Waals surface area contributed by atoms with E-state index >= 15 is 0 Å². The van der Waals surface area contributed by atoms with Gasteiger partial charge in [-0.05, 0) is 38.5 Å². The molecule has 1 rings (SSSR count). The number of hydrogen-bond acceptors (Lipinski definition) is 4. The van der Waals surface area contributed by atoms with Gasteiger partial charge in [0.1, 0.15) is 11.0 Å². The summed E-state index contributed by atoms with van der Waals surface area (Å²) >= 11 is 0. The van der Waals surface area contributed by atoms with E-state index in [2.05, 4.69) is 5.32 Å². The lowest BCUT2D eigenvalue weighted by Gasteiger charge is -2.14. The lowest BCUT2D eigenvalue weighted by molar-refractivity contribution is -0.120. The summed E-state index contributed by atoms with van der Waals surface area (Å²) < 4.78 is 17.8. The number of nitrogens with one attached hydrogen (secondary N) is 1. The summed E-state index contributed by atoms with van der Waals surface area (Å²) in [6.07, 6.45) is 0.840. The Balaban J connectivity index is 2.90. The second-order valence-corrected chi connectivity index (χ2v) is 6.11. The molecule has 6 heteroatoms. The maximum absolute atomic E-state index is 12.4. The Labute approximate surface area is 122 Å². The van der Waals surface area contributed by atoms with Gasteiger partial charge < -0.3 is 15.8 Å². The van der Waals surface area contributed by atoms with Crippen molar-refractivity contribution in [1.29, 1.82) is 0 Å². The van der Waals surface area contributed by atoms with Crippen molar-refractivity contribution in [2.75, 3.05) is 18.9 Å². The van der Waals surface area contributed by atoms with E-state index in [1.165, 1.54) is 0 Å². The third-order valence-corrected chi connectivity index (χ3v) is 4.40. The van der Waals surface area contributed by atoms with Crippen LogP contribution in [0.1, 0.15) is 27.2 Å². The molecule has 112 valence electrons. The maximum Gasteiger partial charge on any atom is 0.235 e. The molecule has 0 saturated carbocycles. The molecule has 2 atom stereocenters. The zero-order valence-corrected chi connectivity index (χ0v) is 13.0. The number of ether oxygens (including phenoxy) is 1. The van der Waals surface area contributed by atoms with Crippen LogP contribution in [0.15, 0.2) is 23.1 Å². The van der Waals surface area contributed by atoms with Gasteiger partial charge in [0.25, 0.3) is 0 Å². The number of nitrogens with two attached hydrogens (primary N) is 1. The van der Waals surface area contributed by atoms with Gasteiger partial charge in [-0.25, -0.2) is 0 Å². The standard InChI is InChI=1S/C14H22N2O3S/c1-4-8-16-14(17)10(3)20(18)13-9-11(19-5-2)6-7-12(13)15/h6-7,9-10H,4-5,8,15H2,1-3H3,(H,16,17). The van der Waals surface area contributed by atoms with Crippen LogP contribution in [0.2, 0.25) is 0 Å². The number of carbonyl (C=O) groups excluding carboxylic acids is 1. The minimum Gasteiger partial charge on any atom is -0.494 e. The summed E-state index contributed by atoms with van der Waals surface area (Å²) in [6.45, 7) is 6.56. The van der Waals surface area contributed by atoms with Crippen molar-refractivity contribution < 1.29 is 13.7 Å². The smallest absolute Gasteiger partial charge is 0.235 e. The van der Waals surface area contributed by atoms with Crippen LogP contribution in [0.5, 0.6) is 5.75 Å². The highest BCUT2D eigenvalue weighted by atomic mass is 32.2. The minimum absolute atomic E-state index is 0.230. The van der Waals surface area contributed by atoms with E-state index in [4.69, 9.17) is 10.5 Å². The van der Waals surface area contributed by atoms with E-state index in [0.717, 1.165) is 6.42 Å². The Morgan fingerprint density at radius 2 is 2.15 bits per heavy atom. The van der Waals surface area contributed by atoms with E-state index in [-0.39, 0.29) is 5.91 Å². The van der Waals surface area contributed by atoms with Gasteiger partial charge >= 0.3 is 0 Å². The first-order chi connectivity index (χ1) is 9.51.